The van der Waals surface area contributed by atoms with Gasteiger partial charge in [0.05, 0.1) is 39.4 Å². The first kappa shape index (κ1) is 55.1. The molecule has 378 valence electrons. The number of esters is 1. The Balaban J connectivity index is 0.000000214. The fourth-order valence-electron chi connectivity index (χ4n) is 6.96. The van der Waals surface area contributed by atoms with E-state index in [1.165, 1.54) is 73.9 Å². The smallest absolute Gasteiger partial charge is 0.374 e. The minimum Gasteiger partial charge on any atom is -0.507 e. The average molecular weight is 1010 g/mol. The number of aliphatic hydroxyl groups excluding tert-OH is 1. The van der Waals surface area contributed by atoms with Crippen molar-refractivity contribution in [3.63, 3.8) is 0 Å². The van der Waals surface area contributed by atoms with Crippen LogP contribution in [0.15, 0.2) is 185 Å². The molecule has 0 bridgehead atoms. The lowest BCUT2D eigenvalue weighted by molar-refractivity contribution is -0.151. The van der Waals surface area contributed by atoms with Gasteiger partial charge in [-0.2, -0.15) is 0 Å². The van der Waals surface area contributed by atoms with Crippen LogP contribution in [0.2, 0.25) is 0 Å². The molecule has 0 spiro atoms. The predicted octanol–water partition coefficient (Wildman–Crippen LogP) is 10.3. The van der Waals surface area contributed by atoms with E-state index in [-0.39, 0.29) is 24.6 Å². The third-order valence-corrected chi connectivity index (χ3v) is 10.6. The summed E-state index contributed by atoms with van der Waals surface area (Å²) in [5.74, 6) is -4.07. The van der Waals surface area contributed by atoms with E-state index in [1.54, 1.807) is 85.1 Å². The molecule has 1 atom stereocenters. The summed E-state index contributed by atoms with van der Waals surface area (Å²) in [6, 6.07) is 40.6. The SMILES string of the molecule is C.COC(=O)C(=O)CC(=O)c1ccc(OC)cc1.COc1ccc(C(O)=C2C(=O)C(=O)N(c3ccc(-c4ccon4)cc3)C2c2cccc(F)c2)cc1.Nc1ccc(-c2ccon2)cc1.O=Cc1cccc(F)c1. The molecule has 1 fully saturated rings. The molecular formula is C56H48F2N4O12. The van der Waals surface area contributed by atoms with Crippen LogP contribution in [-0.2, 0) is 23.9 Å². The fraction of sp³-hybridized carbons (Fsp3) is 0.107. The molecule has 18 heteroatoms. The quantitative estimate of drug-likeness (QED) is 0.0169. The third-order valence-electron chi connectivity index (χ3n) is 10.6. The lowest BCUT2D eigenvalue weighted by Crippen LogP contribution is -2.29. The number of halogens is 2. The molecule has 0 radical (unpaired) electrons. The fourth-order valence-corrected chi connectivity index (χ4v) is 6.96. The van der Waals surface area contributed by atoms with Gasteiger partial charge in [-0.3, -0.25) is 28.9 Å². The highest BCUT2D eigenvalue weighted by Gasteiger charge is 2.47. The summed E-state index contributed by atoms with van der Waals surface area (Å²) in [5, 5.41) is 18.8. The number of aliphatic hydroxyl groups is 1. The van der Waals surface area contributed by atoms with E-state index in [2.05, 4.69) is 15.1 Å². The number of aldehydes is 1. The van der Waals surface area contributed by atoms with Crippen LogP contribution in [0.1, 0.15) is 51.7 Å². The molecular weight excluding hydrogens is 959 g/mol. The number of ketones is 3. The van der Waals surface area contributed by atoms with Gasteiger partial charge in [-0.25, -0.2) is 13.6 Å². The zero-order valence-electron chi connectivity index (χ0n) is 39.1. The molecule has 1 aliphatic heterocycles. The number of hydrogen-bond acceptors (Lipinski definition) is 15. The first-order valence-corrected chi connectivity index (χ1v) is 21.7. The summed E-state index contributed by atoms with van der Waals surface area (Å²) in [5.41, 5.74) is 11.2. The van der Waals surface area contributed by atoms with Gasteiger partial charge >= 0.3 is 5.97 Å². The summed E-state index contributed by atoms with van der Waals surface area (Å²) >= 11 is 0. The summed E-state index contributed by atoms with van der Waals surface area (Å²) in [6.45, 7) is 0. The van der Waals surface area contributed by atoms with Crippen LogP contribution in [0.25, 0.3) is 28.3 Å². The molecule has 2 aromatic heterocycles. The van der Waals surface area contributed by atoms with Crippen molar-refractivity contribution >= 4 is 52.6 Å². The number of nitrogen functional groups attached to an aromatic ring is 1. The lowest BCUT2D eigenvalue weighted by Gasteiger charge is -2.25. The van der Waals surface area contributed by atoms with Crippen molar-refractivity contribution in [1.29, 1.82) is 0 Å². The van der Waals surface area contributed by atoms with Gasteiger partial charge in [-0.15, -0.1) is 0 Å². The van der Waals surface area contributed by atoms with Crippen molar-refractivity contribution in [3.8, 4) is 34.0 Å². The topological polar surface area (TPSA) is 232 Å². The van der Waals surface area contributed by atoms with E-state index in [0.29, 0.717) is 51.4 Å². The summed E-state index contributed by atoms with van der Waals surface area (Å²) in [7, 11) is 4.12. The Morgan fingerprint density at radius 2 is 1.20 bits per heavy atom. The van der Waals surface area contributed by atoms with Gasteiger partial charge in [0.15, 0.2) is 5.78 Å². The second kappa shape index (κ2) is 26.4. The van der Waals surface area contributed by atoms with Crippen LogP contribution in [-0.4, -0.2) is 72.3 Å². The van der Waals surface area contributed by atoms with Crippen LogP contribution in [0.4, 0.5) is 20.2 Å². The average Bonchev–Trinajstić information content (AvgIpc) is 4.22. The van der Waals surface area contributed by atoms with Crippen molar-refractivity contribution in [2.45, 2.75) is 19.9 Å². The minimum absolute atomic E-state index is 0. The van der Waals surface area contributed by atoms with Crippen LogP contribution in [0, 0.1) is 11.6 Å². The number of aromatic nitrogens is 2. The van der Waals surface area contributed by atoms with Crippen molar-refractivity contribution in [2.24, 2.45) is 0 Å². The number of methoxy groups -OCH3 is 3. The highest BCUT2D eigenvalue weighted by molar-refractivity contribution is 6.51. The Hall–Kier alpha value is -9.84. The Bertz CT molecular complexity index is 3200. The Morgan fingerprint density at radius 1 is 0.689 bits per heavy atom. The zero-order valence-corrected chi connectivity index (χ0v) is 39.1. The van der Waals surface area contributed by atoms with Gasteiger partial charge in [-0.05, 0) is 103 Å². The molecule has 74 heavy (non-hydrogen) atoms. The van der Waals surface area contributed by atoms with Crippen molar-refractivity contribution in [2.75, 3.05) is 32.0 Å². The van der Waals surface area contributed by atoms with Gasteiger partial charge in [0, 0.05) is 51.3 Å². The number of nitrogens with zero attached hydrogens (tertiary/aromatic N) is 3. The zero-order chi connectivity index (χ0) is 52.4. The number of hydrogen-bond donors (Lipinski definition) is 2. The van der Waals surface area contributed by atoms with E-state index in [9.17, 15) is 42.7 Å². The number of benzene rings is 6. The molecule has 1 aliphatic rings. The van der Waals surface area contributed by atoms with Crippen LogP contribution in [0.5, 0.6) is 11.5 Å². The van der Waals surface area contributed by atoms with Gasteiger partial charge in [0.2, 0.25) is 5.78 Å². The van der Waals surface area contributed by atoms with Crippen LogP contribution in [0.3, 0.4) is 0 Å². The van der Waals surface area contributed by atoms with Gasteiger partial charge in [-0.1, -0.05) is 66.3 Å². The predicted molar refractivity (Wildman–Crippen MR) is 270 cm³/mol. The van der Waals surface area contributed by atoms with Crippen LogP contribution >= 0.6 is 0 Å². The summed E-state index contributed by atoms with van der Waals surface area (Å²) in [4.78, 5) is 71.3. The van der Waals surface area contributed by atoms with Crippen molar-refractivity contribution in [3.05, 3.63) is 210 Å². The number of Topliss-reactive ketones (excluding diaryl/α,β-unsaturated/α-hetero) is 3. The largest absolute Gasteiger partial charge is 0.507 e. The van der Waals surface area contributed by atoms with Crippen molar-refractivity contribution in [1.82, 2.24) is 10.3 Å². The van der Waals surface area contributed by atoms with E-state index in [0.717, 1.165) is 29.6 Å². The van der Waals surface area contributed by atoms with E-state index in [4.69, 9.17) is 24.3 Å². The summed E-state index contributed by atoms with van der Waals surface area (Å²) < 4.78 is 50.3. The number of amides is 1. The molecule has 8 aromatic rings. The number of carbonyl (C=O) groups is 6. The molecule has 0 aliphatic carbocycles. The standard InChI is InChI=1S/C27H19FN2O5.C12H12O5.C9H8N2O.C7H5FO.CH4/c1-34-21-11-7-17(8-12-21)25(31)23-24(18-3-2-4-19(28)15-18)30(27(33)26(23)32)20-9-5-16(6-10-20)22-13-14-35-29-22;1-16-9-5-3-8(4-6-9)10(13)7-11(14)12(15)17-2;10-8-3-1-7(2-4-8)9-5-6-12-11-9;8-7-3-1-2-6(4-7)5-9;/h2-15,24,31H,1H3;3-6H,7H2,1-2H3;1-6H,10H2;1-5H;1H4. The molecule has 1 unspecified atom stereocenters. The molecule has 1 saturated heterocycles. The molecule has 9 rings (SSSR count). The molecule has 1 amide bonds. The van der Waals surface area contributed by atoms with E-state index in [1.807, 2.05) is 30.3 Å². The highest BCUT2D eigenvalue weighted by Crippen LogP contribution is 2.43. The van der Waals surface area contributed by atoms with Crippen molar-refractivity contribution < 1.29 is 65.9 Å². The Kier molecular flexibility index (Phi) is 19.6. The Labute approximate surface area is 423 Å². The first-order valence-electron chi connectivity index (χ1n) is 21.7. The number of anilines is 2. The third kappa shape index (κ3) is 14.2. The molecule has 0 saturated carbocycles. The highest BCUT2D eigenvalue weighted by atomic mass is 19.1. The van der Waals surface area contributed by atoms with Gasteiger partial charge < -0.3 is 34.1 Å². The number of rotatable bonds is 12. The summed E-state index contributed by atoms with van der Waals surface area (Å²) in [6.07, 6.45) is 3.12. The molecule has 3 N–H and O–H groups in total. The number of carbonyl (C=O) groups excluding carboxylic acids is 6. The van der Waals surface area contributed by atoms with Gasteiger partial charge in [0.25, 0.3) is 11.7 Å². The maximum Gasteiger partial charge on any atom is 0.374 e. The Morgan fingerprint density at radius 3 is 1.66 bits per heavy atom. The molecule has 6 aromatic carbocycles. The number of ether oxygens (including phenoxy) is 3. The van der Waals surface area contributed by atoms with E-state index < -0.39 is 47.5 Å². The second-order valence-corrected chi connectivity index (χ2v) is 15.3. The van der Waals surface area contributed by atoms with Gasteiger partial charge in [0.1, 0.15) is 59.1 Å². The monoisotopic (exact) mass is 1010 g/mol. The number of nitrogens with two attached hydrogens (primary N) is 1. The molecule has 3 heterocycles. The first-order chi connectivity index (χ1) is 35.2. The minimum atomic E-state index is -1.04. The maximum atomic E-state index is 14.2. The second-order valence-electron chi connectivity index (χ2n) is 15.3. The maximum absolute atomic E-state index is 14.2. The van der Waals surface area contributed by atoms with E-state index >= 15 is 0 Å². The van der Waals surface area contributed by atoms with Crippen LogP contribution < -0.4 is 20.1 Å². The normalized spacial score (nSPS) is 13.0. The lowest BCUT2D eigenvalue weighted by atomic mass is 9.95. The molecule has 16 nitrogen and oxygen atoms in total.